The highest BCUT2D eigenvalue weighted by atomic mass is 16.3. The molecule has 19 heavy (non-hydrogen) atoms. The molecule has 1 aromatic heterocycles. The molecule has 0 aliphatic heterocycles. The smallest absolute Gasteiger partial charge is 0.256 e. The molecule has 1 saturated carbocycles. The van der Waals surface area contributed by atoms with Gasteiger partial charge in [0.25, 0.3) is 5.56 Å². The van der Waals surface area contributed by atoms with Crippen molar-refractivity contribution in [1.82, 2.24) is 4.57 Å². The maximum absolute atomic E-state index is 12.6. The molecule has 1 heterocycles. The summed E-state index contributed by atoms with van der Waals surface area (Å²) in [6.07, 6.45) is 5.83. The van der Waals surface area contributed by atoms with Gasteiger partial charge in [0.15, 0.2) is 0 Å². The number of aliphatic hydroxyl groups excluding tert-OH is 1. The normalized spacial score (nSPS) is 17.7. The number of pyridine rings is 1. The van der Waals surface area contributed by atoms with Crippen LogP contribution in [0.1, 0.15) is 70.2 Å². The van der Waals surface area contributed by atoms with Crippen molar-refractivity contribution in [3.63, 3.8) is 0 Å². The largest absolute Gasteiger partial charge is 0.391 e. The number of aromatic nitrogens is 1. The zero-order valence-electron chi connectivity index (χ0n) is 12.3. The van der Waals surface area contributed by atoms with Gasteiger partial charge in [-0.05, 0) is 25.0 Å². The van der Waals surface area contributed by atoms with Gasteiger partial charge in [-0.15, -0.1) is 0 Å². The lowest BCUT2D eigenvalue weighted by atomic mass is 9.88. The molecular formula is C16H25NO2. The summed E-state index contributed by atoms with van der Waals surface area (Å²) in [7, 11) is 0. The number of aliphatic hydroxyl groups is 1. The fourth-order valence-electron chi connectivity index (χ4n) is 3.03. The second-order valence-corrected chi connectivity index (χ2v) is 6.62. The number of nitrogens with zero attached hydrogens (tertiary/aromatic N) is 1. The van der Waals surface area contributed by atoms with Gasteiger partial charge in [0.05, 0.1) is 6.61 Å². The van der Waals surface area contributed by atoms with Crippen LogP contribution in [-0.2, 0) is 12.0 Å². The molecule has 3 nitrogen and oxygen atoms in total. The van der Waals surface area contributed by atoms with E-state index in [1.807, 2.05) is 10.6 Å². The maximum atomic E-state index is 12.6. The lowest BCUT2D eigenvalue weighted by Gasteiger charge is -2.32. The molecular weight excluding hydrogens is 238 g/mol. The number of rotatable bonds is 2. The van der Waals surface area contributed by atoms with E-state index in [4.69, 9.17) is 0 Å². The molecule has 0 spiro atoms. The average Bonchev–Trinajstić information content (AvgIpc) is 2.38. The lowest BCUT2D eigenvalue weighted by molar-refractivity contribution is 0.273. The van der Waals surface area contributed by atoms with E-state index >= 15 is 0 Å². The Kier molecular flexibility index (Phi) is 4.14. The number of hydrogen-bond donors (Lipinski definition) is 1. The molecule has 0 aromatic carbocycles. The summed E-state index contributed by atoms with van der Waals surface area (Å²) in [5, 5.41) is 9.32. The van der Waals surface area contributed by atoms with Crippen molar-refractivity contribution in [2.45, 2.75) is 70.9 Å². The molecule has 0 radical (unpaired) electrons. The lowest BCUT2D eigenvalue weighted by Crippen LogP contribution is -2.35. The zero-order valence-corrected chi connectivity index (χ0v) is 12.3. The van der Waals surface area contributed by atoms with Gasteiger partial charge in [-0.3, -0.25) is 4.79 Å². The Labute approximate surface area is 115 Å². The summed E-state index contributed by atoms with van der Waals surface area (Å²) >= 11 is 0. The molecule has 1 N–H and O–H groups in total. The van der Waals surface area contributed by atoms with Crippen LogP contribution in [-0.4, -0.2) is 9.67 Å². The Morgan fingerprint density at radius 1 is 1.21 bits per heavy atom. The van der Waals surface area contributed by atoms with Crippen molar-refractivity contribution >= 4 is 0 Å². The minimum absolute atomic E-state index is 0.00169. The Morgan fingerprint density at radius 2 is 1.84 bits per heavy atom. The fourth-order valence-corrected chi connectivity index (χ4v) is 3.03. The molecule has 0 amide bonds. The van der Waals surface area contributed by atoms with Crippen LogP contribution >= 0.6 is 0 Å². The van der Waals surface area contributed by atoms with Crippen molar-refractivity contribution < 1.29 is 5.11 Å². The van der Waals surface area contributed by atoms with E-state index in [9.17, 15) is 9.90 Å². The summed E-state index contributed by atoms with van der Waals surface area (Å²) in [4.78, 5) is 12.6. The molecule has 0 bridgehead atoms. The van der Waals surface area contributed by atoms with Crippen LogP contribution in [0.4, 0.5) is 0 Å². The van der Waals surface area contributed by atoms with Crippen LogP contribution in [0.5, 0.6) is 0 Å². The van der Waals surface area contributed by atoms with Crippen LogP contribution in [0, 0.1) is 0 Å². The first-order chi connectivity index (χ1) is 8.95. The molecule has 0 atom stereocenters. The van der Waals surface area contributed by atoms with Gasteiger partial charge in [0.1, 0.15) is 0 Å². The predicted octanol–water partition coefficient (Wildman–Crippen LogP) is 3.14. The van der Waals surface area contributed by atoms with Crippen molar-refractivity contribution in [2.24, 2.45) is 0 Å². The van der Waals surface area contributed by atoms with E-state index in [0.29, 0.717) is 11.6 Å². The summed E-state index contributed by atoms with van der Waals surface area (Å²) in [6.45, 7) is 6.25. The van der Waals surface area contributed by atoms with E-state index in [1.165, 1.54) is 19.3 Å². The van der Waals surface area contributed by atoms with E-state index in [-0.39, 0.29) is 17.6 Å². The molecule has 2 rings (SSSR count). The molecule has 1 fully saturated rings. The van der Waals surface area contributed by atoms with Crippen LogP contribution in [0.3, 0.4) is 0 Å². The van der Waals surface area contributed by atoms with Crippen LogP contribution in [0.2, 0.25) is 0 Å². The Hall–Kier alpha value is -1.09. The number of hydrogen-bond acceptors (Lipinski definition) is 2. The topological polar surface area (TPSA) is 42.2 Å². The second kappa shape index (κ2) is 5.49. The second-order valence-electron chi connectivity index (χ2n) is 6.62. The van der Waals surface area contributed by atoms with Crippen molar-refractivity contribution in [1.29, 1.82) is 0 Å². The highest BCUT2D eigenvalue weighted by Crippen LogP contribution is 2.31. The van der Waals surface area contributed by atoms with Crippen LogP contribution < -0.4 is 5.56 Å². The minimum Gasteiger partial charge on any atom is -0.391 e. The molecule has 106 valence electrons. The maximum Gasteiger partial charge on any atom is 0.256 e. The minimum atomic E-state index is -0.171. The summed E-state index contributed by atoms with van der Waals surface area (Å²) < 4.78 is 1.96. The fraction of sp³-hybridized carbons (Fsp3) is 0.688. The Bertz CT molecular complexity index is 490. The molecule has 1 aromatic rings. The van der Waals surface area contributed by atoms with E-state index in [2.05, 4.69) is 20.8 Å². The van der Waals surface area contributed by atoms with Crippen molar-refractivity contribution in [2.75, 3.05) is 0 Å². The van der Waals surface area contributed by atoms with Gasteiger partial charge in [0.2, 0.25) is 0 Å². The quantitative estimate of drug-likeness (QED) is 0.890. The monoisotopic (exact) mass is 263 g/mol. The predicted molar refractivity (Wildman–Crippen MR) is 77.4 cm³/mol. The first-order valence-electron chi connectivity index (χ1n) is 7.31. The standard InChI is InChI=1S/C16H25NO2/c1-16(2,3)14-10-9-12(11-18)15(19)17(14)13-7-5-4-6-8-13/h9-10,13,18H,4-8,11H2,1-3H3. The summed E-state index contributed by atoms with van der Waals surface area (Å²) in [5.74, 6) is 0. The van der Waals surface area contributed by atoms with Crippen LogP contribution in [0.15, 0.2) is 16.9 Å². The van der Waals surface area contributed by atoms with Gasteiger partial charge in [-0.25, -0.2) is 0 Å². The Balaban J connectivity index is 2.56. The Morgan fingerprint density at radius 3 is 2.37 bits per heavy atom. The molecule has 1 aliphatic rings. The van der Waals surface area contributed by atoms with Crippen molar-refractivity contribution in [3.8, 4) is 0 Å². The zero-order chi connectivity index (χ0) is 14.0. The van der Waals surface area contributed by atoms with Gasteiger partial charge in [-0.2, -0.15) is 0 Å². The van der Waals surface area contributed by atoms with E-state index < -0.39 is 0 Å². The third-order valence-corrected chi connectivity index (χ3v) is 4.07. The van der Waals surface area contributed by atoms with Gasteiger partial charge >= 0.3 is 0 Å². The van der Waals surface area contributed by atoms with E-state index in [0.717, 1.165) is 18.5 Å². The molecule has 1 aliphatic carbocycles. The van der Waals surface area contributed by atoms with Crippen molar-refractivity contribution in [3.05, 3.63) is 33.7 Å². The highest BCUT2D eigenvalue weighted by Gasteiger charge is 2.25. The SMILES string of the molecule is CC(C)(C)c1ccc(CO)c(=O)n1C1CCCCC1. The van der Waals surface area contributed by atoms with E-state index in [1.54, 1.807) is 6.07 Å². The molecule has 0 saturated heterocycles. The summed E-state index contributed by atoms with van der Waals surface area (Å²) in [6, 6.07) is 4.10. The van der Waals surface area contributed by atoms with Gasteiger partial charge in [0, 0.05) is 22.7 Å². The first kappa shape index (κ1) is 14.3. The molecule has 3 heteroatoms. The molecule has 0 unspecified atom stereocenters. The first-order valence-corrected chi connectivity index (χ1v) is 7.31. The van der Waals surface area contributed by atoms with Gasteiger partial charge < -0.3 is 9.67 Å². The summed E-state index contributed by atoms with van der Waals surface area (Å²) in [5.41, 5.74) is 1.55. The third kappa shape index (κ3) is 2.92. The van der Waals surface area contributed by atoms with Crippen LogP contribution in [0.25, 0.3) is 0 Å². The van der Waals surface area contributed by atoms with Gasteiger partial charge in [-0.1, -0.05) is 40.0 Å². The highest BCUT2D eigenvalue weighted by molar-refractivity contribution is 5.22. The third-order valence-electron chi connectivity index (χ3n) is 4.07. The average molecular weight is 263 g/mol.